The van der Waals surface area contributed by atoms with Crippen LogP contribution in [0.15, 0.2) is 24.3 Å². The summed E-state index contributed by atoms with van der Waals surface area (Å²) in [6.45, 7) is 2.96. The van der Waals surface area contributed by atoms with Gasteiger partial charge in [-0.1, -0.05) is 17.7 Å². The molecule has 0 radical (unpaired) electrons. The molecule has 0 aromatic heterocycles. The molecule has 20 heavy (non-hydrogen) atoms. The maximum absolute atomic E-state index is 12.0. The van der Waals surface area contributed by atoms with E-state index in [2.05, 4.69) is 5.32 Å². The number of amides is 1. The van der Waals surface area contributed by atoms with Crippen LogP contribution in [0.4, 0.5) is 0 Å². The quantitative estimate of drug-likeness (QED) is 0.905. The molecule has 5 heteroatoms. The minimum absolute atomic E-state index is 0.00325. The topological polar surface area (TPSA) is 41.6 Å². The summed E-state index contributed by atoms with van der Waals surface area (Å²) < 4.78 is 5.47. The van der Waals surface area contributed by atoms with Gasteiger partial charge in [0.15, 0.2) is 6.61 Å². The van der Waals surface area contributed by atoms with Crippen molar-refractivity contribution in [2.45, 2.75) is 12.8 Å². The molecule has 1 amide bonds. The van der Waals surface area contributed by atoms with E-state index in [1.165, 1.54) is 0 Å². The summed E-state index contributed by atoms with van der Waals surface area (Å²) in [7, 11) is 1.84. The van der Waals surface area contributed by atoms with Gasteiger partial charge < -0.3 is 15.0 Å². The molecule has 4 nitrogen and oxygen atoms in total. The molecule has 110 valence electrons. The second-order valence-electron chi connectivity index (χ2n) is 5.21. The summed E-state index contributed by atoms with van der Waals surface area (Å²) >= 11 is 5.87. The Kier molecular flexibility index (Phi) is 5.68. The summed E-state index contributed by atoms with van der Waals surface area (Å²) in [5.41, 5.74) is 0. The lowest BCUT2D eigenvalue weighted by atomic mass is 9.98. The number of hydrogen-bond acceptors (Lipinski definition) is 3. The van der Waals surface area contributed by atoms with E-state index in [1.807, 2.05) is 7.05 Å². The molecular weight excluding hydrogens is 276 g/mol. The molecule has 1 aromatic rings. The lowest BCUT2D eigenvalue weighted by molar-refractivity contribution is -0.132. The first-order chi connectivity index (χ1) is 9.65. The predicted molar refractivity (Wildman–Crippen MR) is 80.2 cm³/mol. The normalized spacial score (nSPS) is 15.9. The van der Waals surface area contributed by atoms with E-state index in [-0.39, 0.29) is 12.5 Å². The van der Waals surface area contributed by atoms with E-state index in [0.29, 0.717) is 16.7 Å². The van der Waals surface area contributed by atoms with Gasteiger partial charge in [-0.05, 0) is 50.0 Å². The number of carbonyl (C=O) groups is 1. The lowest BCUT2D eigenvalue weighted by Gasteiger charge is -2.27. The number of piperidine rings is 1. The highest BCUT2D eigenvalue weighted by Gasteiger charge is 2.18. The fraction of sp³-hybridized carbons (Fsp3) is 0.533. The van der Waals surface area contributed by atoms with Crippen molar-refractivity contribution in [2.24, 2.45) is 5.92 Å². The van der Waals surface area contributed by atoms with Gasteiger partial charge in [-0.2, -0.15) is 0 Å². The maximum Gasteiger partial charge on any atom is 0.260 e. The fourth-order valence-corrected chi connectivity index (χ4v) is 2.55. The lowest BCUT2D eigenvalue weighted by Crippen LogP contribution is -2.39. The molecule has 0 saturated carbocycles. The van der Waals surface area contributed by atoms with Gasteiger partial charge in [-0.15, -0.1) is 0 Å². The smallest absolute Gasteiger partial charge is 0.260 e. The summed E-state index contributed by atoms with van der Waals surface area (Å²) in [6, 6.07) is 7.09. The van der Waals surface area contributed by atoms with Crippen LogP contribution in [-0.4, -0.2) is 44.1 Å². The van der Waals surface area contributed by atoms with Gasteiger partial charge >= 0.3 is 0 Å². The molecule has 1 saturated heterocycles. The number of rotatable bonds is 5. The Morgan fingerprint density at radius 3 is 2.90 bits per heavy atom. The number of benzene rings is 1. The van der Waals surface area contributed by atoms with Crippen LogP contribution in [-0.2, 0) is 4.79 Å². The van der Waals surface area contributed by atoms with E-state index in [0.717, 1.165) is 32.5 Å². The molecule has 0 atom stereocenters. The Labute approximate surface area is 125 Å². The number of likely N-dealkylation sites (N-methyl/N-ethyl adjacent to an activating group) is 1. The molecule has 1 N–H and O–H groups in total. The fourth-order valence-electron chi connectivity index (χ4n) is 2.37. The van der Waals surface area contributed by atoms with Crippen LogP contribution in [0.5, 0.6) is 5.75 Å². The average Bonchev–Trinajstić information content (AvgIpc) is 2.46. The molecular formula is C15H21ClN2O2. The van der Waals surface area contributed by atoms with Gasteiger partial charge in [0.05, 0.1) is 0 Å². The van der Waals surface area contributed by atoms with E-state index < -0.39 is 0 Å². The van der Waals surface area contributed by atoms with Crippen molar-refractivity contribution in [1.82, 2.24) is 10.2 Å². The Hall–Kier alpha value is -1.26. The van der Waals surface area contributed by atoms with E-state index in [4.69, 9.17) is 16.3 Å². The third kappa shape index (κ3) is 4.69. The molecule has 1 aliphatic heterocycles. The van der Waals surface area contributed by atoms with E-state index in [1.54, 1.807) is 29.2 Å². The number of carbonyl (C=O) groups excluding carboxylic acids is 1. The van der Waals surface area contributed by atoms with Crippen molar-refractivity contribution in [3.8, 4) is 5.75 Å². The van der Waals surface area contributed by atoms with Crippen molar-refractivity contribution in [3.63, 3.8) is 0 Å². The summed E-state index contributed by atoms with van der Waals surface area (Å²) in [5.74, 6) is 1.22. The number of halogens is 1. The molecule has 0 spiro atoms. The molecule has 1 aromatic carbocycles. The summed E-state index contributed by atoms with van der Waals surface area (Å²) in [6.07, 6.45) is 2.26. The highest BCUT2D eigenvalue weighted by molar-refractivity contribution is 6.30. The van der Waals surface area contributed by atoms with Gasteiger partial charge in [-0.25, -0.2) is 0 Å². The molecule has 0 bridgehead atoms. The average molecular weight is 297 g/mol. The molecule has 0 aliphatic carbocycles. The van der Waals surface area contributed by atoms with Gasteiger partial charge in [0, 0.05) is 18.6 Å². The van der Waals surface area contributed by atoms with Crippen LogP contribution in [0.1, 0.15) is 12.8 Å². The predicted octanol–water partition coefficient (Wildman–Crippen LogP) is 2.18. The maximum atomic E-state index is 12.0. The first-order valence-electron chi connectivity index (χ1n) is 6.98. The highest BCUT2D eigenvalue weighted by atomic mass is 35.5. The molecule has 1 fully saturated rings. The summed E-state index contributed by atoms with van der Waals surface area (Å²) in [5, 5.41) is 3.94. The van der Waals surface area contributed by atoms with Gasteiger partial charge in [0.1, 0.15) is 5.75 Å². The first kappa shape index (κ1) is 15.1. The van der Waals surface area contributed by atoms with Crippen LogP contribution in [0.25, 0.3) is 0 Å². The highest BCUT2D eigenvalue weighted by Crippen LogP contribution is 2.17. The van der Waals surface area contributed by atoms with E-state index in [9.17, 15) is 4.79 Å². The van der Waals surface area contributed by atoms with Gasteiger partial charge in [0.2, 0.25) is 0 Å². The van der Waals surface area contributed by atoms with Crippen molar-refractivity contribution >= 4 is 17.5 Å². The van der Waals surface area contributed by atoms with Gasteiger partial charge in [0.25, 0.3) is 5.91 Å². The van der Waals surface area contributed by atoms with Crippen LogP contribution >= 0.6 is 11.6 Å². The molecule has 1 heterocycles. The number of nitrogens with zero attached hydrogens (tertiary/aromatic N) is 1. The minimum atomic E-state index is 0.00325. The standard InChI is InChI=1S/C15H21ClN2O2/c1-18(10-12-5-7-17-8-6-12)15(19)11-20-14-4-2-3-13(16)9-14/h2-4,9,12,17H,5-8,10-11H2,1H3. The van der Waals surface area contributed by atoms with Crippen molar-refractivity contribution in [1.29, 1.82) is 0 Å². The zero-order valence-electron chi connectivity index (χ0n) is 11.8. The molecule has 1 aliphatic rings. The van der Waals surface area contributed by atoms with Crippen LogP contribution in [0.3, 0.4) is 0 Å². The molecule has 2 rings (SSSR count). The van der Waals surface area contributed by atoms with Crippen LogP contribution in [0, 0.1) is 5.92 Å². The Morgan fingerprint density at radius 2 is 2.20 bits per heavy atom. The number of ether oxygens (including phenoxy) is 1. The Morgan fingerprint density at radius 1 is 1.45 bits per heavy atom. The van der Waals surface area contributed by atoms with Crippen molar-refractivity contribution in [3.05, 3.63) is 29.3 Å². The zero-order valence-corrected chi connectivity index (χ0v) is 12.5. The van der Waals surface area contributed by atoms with Crippen LogP contribution < -0.4 is 10.1 Å². The second-order valence-corrected chi connectivity index (χ2v) is 5.65. The molecule has 0 unspecified atom stereocenters. The van der Waals surface area contributed by atoms with Crippen molar-refractivity contribution < 1.29 is 9.53 Å². The third-order valence-electron chi connectivity index (χ3n) is 3.57. The van der Waals surface area contributed by atoms with Crippen molar-refractivity contribution in [2.75, 3.05) is 33.3 Å². The van der Waals surface area contributed by atoms with E-state index >= 15 is 0 Å². The van der Waals surface area contributed by atoms with Gasteiger partial charge in [-0.3, -0.25) is 4.79 Å². The minimum Gasteiger partial charge on any atom is -0.484 e. The first-order valence-corrected chi connectivity index (χ1v) is 7.36. The Bertz CT molecular complexity index is 447. The zero-order chi connectivity index (χ0) is 14.4. The monoisotopic (exact) mass is 296 g/mol. The van der Waals surface area contributed by atoms with Crippen LogP contribution in [0.2, 0.25) is 5.02 Å². The third-order valence-corrected chi connectivity index (χ3v) is 3.81. The number of nitrogens with one attached hydrogen (secondary N) is 1. The number of hydrogen-bond donors (Lipinski definition) is 1. The second kappa shape index (κ2) is 7.50. The largest absolute Gasteiger partial charge is 0.484 e. The Balaban J connectivity index is 1.76. The summed E-state index contributed by atoms with van der Waals surface area (Å²) in [4.78, 5) is 13.8. The SMILES string of the molecule is CN(CC1CCNCC1)C(=O)COc1cccc(Cl)c1.